The second kappa shape index (κ2) is 9.01. The van der Waals surface area contributed by atoms with Gasteiger partial charge in [0.15, 0.2) is 0 Å². The van der Waals surface area contributed by atoms with Gasteiger partial charge in [-0.2, -0.15) is 0 Å². The van der Waals surface area contributed by atoms with Crippen LogP contribution in [0.4, 0.5) is 0 Å². The summed E-state index contributed by atoms with van der Waals surface area (Å²) in [6.45, 7) is 4.09. The summed E-state index contributed by atoms with van der Waals surface area (Å²) in [5.74, 6) is 0.0661. The van der Waals surface area contributed by atoms with Crippen LogP contribution in [0.25, 0.3) is 0 Å². The van der Waals surface area contributed by atoms with Gasteiger partial charge in [0.2, 0.25) is 5.91 Å². The first kappa shape index (κ1) is 19.0. The van der Waals surface area contributed by atoms with Gasteiger partial charge in [-0.25, -0.2) is 0 Å². The highest BCUT2D eigenvalue weighted by Gasteiger charge is 2.34. The summed E-state index contributed by atoms with van der Waals surface area (Å²) in [5.41, 5.74) is 5.59. The number of rotatable bonds is 4. The van der Waals surface area contributed by atoms with Crippen LogP contribution in [-0.2, 0) is 4.79 Å². The molecule has 1 heterocycles. The van der Waals surface area contributed by atoms with Crippen molar-refractivity contribution < 1.29 is 4.79 Å². The molecule has 19 heavy (non-hydrogen) atoms. The minimum absolute atomic E-state index is 0. The lowest BCUT2D eigenvalue weighted by molar-refractivity contribution is -0.127. The molecule has 6 heteroatoms. The molecule has 1 saturated heterocycles. The number of nitrogens with zero attached hydrogens (tertiary/aromatic N) is 1. The van der Waals surface area contributed by atoms with E-state index in [-0.39, 0.29) is 30.7 Å². The number of likely N-dealkylation sites (tertiary alicyclic amines) is 1. The highest BCUT2D eigenvalue weighted by atomic mass is 35.5. The van der Waals surface area contributed by atoms with Crippen LogP contribution in [0.2, 0.25) is 0 Å². The Morgan fingerprint density at radius 2 is 1.63 bits per heavy atom. The molecule has 2 aliphatic rings. The molecule has 114 valence electrons. The highest BCUT2D eigenvalue weighted by Crippen LogP contribution is 2.25. The van der Waals surface area contributed by atoms with E-state index in [0.717, 1.165) is 38.8 Å². The summed E-state index contributed by atoms with van der Waals surface area (Å²) in [7, 11) is 0. The van der Waals surface area contributed by atoms with Gasteiger partial charge < -0.3 is 16.0 Å². The second-order valence-corrected chi connectivity index (χ2v) is 5.52. The van der Waals surface area contributed by atoms with Gasteiger partial charge >= 0.3 is 0 Å². The maximum atomic E-state index is 12.0. The van der Waals surface area contributed by atoms with Crippen LogP contribution in [0.15, 0.2) is 0 Å². The first-order chi connectivity index (χ1) is 8.21. The number of carbonyl (C=O) groups is 1. The van der Waals surface area contributed by atoms with Crippen LogP contribution in [0, 0.1) is 0 Å². The van der Waals surface area contributed by atoms with Crippen LogP contribution < -0.4 is 11.1 Å². The van der Waals surface area contributed by atoms with Crippen LogP contribution in [-0.4, -0.2) is 42.5 Å². The van der Waals surface area contributed by atoms with E-state index in [4.69, 9.17) is 5.73 Å². The van der Waals surface area contributed by atoms with Crippen LogP contribution in [0.1, 0.15) is 44.9 Å². The maximum Gasteiger partial charge on any atom is 0.240 e. The van der Waals surface area contributed by atoms with E-state index in [1.165, 1.54) is 32.4 Å². The summed E-state index contributed by atoms with van der Waals surface area (Å²) < 4.78 is 0. The van der Waals surface area contributed by atoms with Gasteiger partial charge in [0.25, 0.3) is 0 Å². The van der Waals surface area contributed by atoms with Crippen molar-refractivity contribution in [2.24, 2.45) is 5.73 Å². The van der Waals surface area contributed by atoms with Crippen molar-refractivity contribution in [1.82, 2.24) is 10.2 Å². The molecule has 0 aromatic rings. The molecule has 1 aliphatic heterocycles. The predicted octanol–water partition coefficient (Wildman–Crippen LogP) is 1.70. The molecule has 1 saturated carbocycles. The summed E-state index contributed by atoms with van der Waals surface area (Å²) in [4.78, 5) is 14.4. The Hall–Kier alpha value is -0.0300. The number of halogens is 2. The van der Waals surface area contributed by atoms with Gasteiger partial charge in [0.1, 0.15) is 0 Å². The van der Waals surface area contributed by atoms with Gasteiger partial charge in [-0.15, -0.1) is 24.8 Å². The number of carbonyl (C=O) groups excluding carboxylic acids is 1. The molecule has 0 radical (unpaired) electrons. The zero-order chi connectivity index (χ0) is 12.1. The monoisotopic (exact) mass is 311 g/mol. The van der Waals surface area contributed by atoms with E-state index in [2.05, 4.69) is 10.2 Å². The Bertz CT molecular complexity index is 265. The van der Waals surface area contributed by atoms with Gasteiger partial charge in [0.05, 0.1) is 5.54 Å². The van der Waals surface area contributed by atoms with Crippen molar-refractivity contribution >= 4 is 30.7 Å². The lowest BCUT2D eigenvalue weighted by Crippen LogP contribution is -2.55. The molecule has 0 unspecified atom stereocenters. The molecule has 0 atom stereocenters. The molecule has 2 rings (SSSR count). The lowest BCUT2D eigenvalue weighted by Gasteiger charge is -2.32. The predicted molar refractivity (Wildman–Crippen MR) is 83.2 cm³/mol. The SMILES string of the molecule is Cl.Cl.NC1(C(=O)NCCN2CCCC2)CCCCC1. The minimum Gasteiger partial charge on any atom is -0.353 e. The fraction of sp³-hybridized carbons (Fsp3) is 0.923. The fourth-order valence-corrected chi connectivity index (χ4v) is 2.92. The quantitative estimate of drug-likeness (QED) is 0.831. The average molecular weight is 312 g/mol. The standard InChI is InChI=1S/C13H25N3O.2ClH/c14-13(6-2-1-3-7-13)12(17)15-8-11-16-9-4-5-10-16;;/h1-11,14H2,(H,15,17);2*1H. The summed E-state index contributed by atoms with van der Waals surface area (Å²) in [5, 5.41) is 3.01. The van der Waals surface area contributed by atoms with Crippen molar-refractivity contribution in [2.45, 2.75) is 50.5 Å². The smallest absolute Gasteiger partial charge is 0.240 e. The van der Waals surface area contributed by atoms with Crippen molar-refractivity contribution in [3.63, 3.8) is 0 Å². The normalized spacial score (nSPS) is 22.2. The van der Waals surface area contributed by atoms with Gasteiger partial charge in [-0.05, 0) is 38.8 Å². The molecular formula is C13H27Cl2N3O. The van der Waals surface area contributed by atoms with Gasteiger partial charge in [0, 0.05) is 13.1 Å². The van der Waals surface area contributed by atoms with E-state index in [1.807, 2.05) is 0 Å². The Labute approximate surface area is 128 Å². The molecule has 0 aromatic heterocycles. The third kappa shape index (κ3) is 5.46. The lowest BCUT2D eigenvalue weighted by atomic mass is 9.82. The molecule has 4 nitrogen and oxygen atoms in total. The third-order valence-electron chi connectivity index (χ3n) is 4.11. The molecular weight excluding hydrogens is 285 g/mol. The van der Waals surface area contributed by atoms with Crippen molar-refractivity contribution in [2.75, 3.05) is 26.2 Å². The van der Waals surface area contributed by atoms with Gasteiger partial charge in [-0.3, -0.25) is 4.79 Å². The zero-order valence-corrected chi connectivity index (χ0v) is 13.2. The average Bonchev–Trinajstić information content (AvgIpc) is 2.83. The van der Waals surface area contributed by atoms with E-state index < -0.39 is 5.54 Å². The first-order valence-corrected chi connectivity index (χ1v) is 7.00. The molecule has 3 N–H and O–H groups in total. The Morgan fingerprint density at radius 1 is 1.05 bits per heavy atom. The maximum absolute atomic E-state index is 12.0. The number of nitrogens with one attached hydrogen (secondary N) is 1. The summed E-state index contributed by atoms with van der Waals surface area (Å²) in [6, 6.07) is 0. The number of hydrogen-bond donors (Lipinski definition) is 2. The number of nitrogens with two attached hydrogens (primary N) is 1. The van der Waals surface area contributed by atoms with E-state index >= 15 is 0 Å². The molecule has 1 aliphatic carbocycles. The van der Waals surface area contributed by atoms with Gasteiger partial charge in [-0.1, -0.05) is 19.3 Å². The van der Waals surface area contributed by atoms with Crippen LogP contribution >= 0.6 is 24.8 Å². The molecule has 0 spiro atoms. The second-order valence-electron chi connectivity index (χ2n) is 5.52. The Morgan fingerprint density at radius 3 is 2.21 bits per heavy atom. The number of amides is 1. The molecule has 0 bridgehead atoms. The molecule has 1 amide bonds. The van der Waals surface area contributed by atoms with Crippen LogP contribution in [0.3, 0.4) is 0 Å². The molecule has 2 fully saturated rings. The topological polar surface area (TPSA) is 58.4 Å². The largest absolute Gasteiger partial charge is 0.353 e. The molecule has 0 aromatic carbocycles. The van der Waals surface area contributed by atoms with Crippen molar-refractivity contribution in [3.05, 3.63) is 0 Å². The number of hydrogen-bond acceptors (Lipinski definition) is 3. The minimum atomic E-state index is -0.580. The zero-order valence-electron chi connectivity index (χ0n) is 11.5. The van der Waals surface area contributed by atoms with Crippen LogP contribution in [0.5, 0.6) is 0 Å². The summed E-state index contributed by atoms with van der Waals surface area (Å²) in [6.07, 6.45) is 7.71. The first-order valence-electron chi connectivity index (χ1n) is 7.00. The van der Waals surface area contributed by atoms with E-state index in [0.29, 0.717) is 0 Å². The fourth-order valence-electron chi connectivity index (χ4n) is 2.92. The Kier molecular flexibility index (Phi) is 8.99. The van der Waals surface area contributed by atoms with Crippen molar-refractivity contribution in [3.8, 4) is 0 Å². The van der Waals surface area contributed by atoms with E-state index in [1.54, 1.807) is 0 Å². The van der Waals surface area contributed by atoms with E-state index in [9.17, 15) is 4.79 Å². The Balaban J connectivity index is 0.00000162. The van der Waals surface area contributed by atoms with Crippen molar-refractivity contribution in [1.29, 1.82) is 0 Å². The summed E-state index contributed by atoms with van der Waals surface area (Å²) >= 11 is 0. The highest BCUT2D eigenvalue weighted by molar-refractivity contribution is 5.86. The third-order valence-corrected chi connectivity index (χ3v) is 4.11.